The van der Waals surface area contributed by atoms with Gasteiger partial charge in [-0.1, -0.05) is 0 Å². The fraction of sp³-hybridized carbons (Fsp3) is 0.500. The number of aromatic nitrogens is 4. The molecule has 0 radical (unpaired) electrons. The molecule has 180 valence electrons. The normalized spacial score (nSPS) is 27.9. The third-order valence-corrected chi connectivity index (χ3v) is 7.68. The number of imidazole rings is 1. The Morgan fingerprint density at radius 1 is 1.12 bits per heavy atom. The summed E-state index contributed by atoms with van der Waals surface area (Å²) in [6, 6.07) is 0. The molecule has 0 aromatic carbocycles. The van der Waals surface area contributed by atoms with Crippen LogP contribution in [0.3, 0.4) is 0 Å². The van der Waals surface area contributed by atoms with Crippen LogP contribution >= 0.6 is 23.5 Å². The van der Waals surface area contributed by atoms with Gasteiger partial charge in [0.2, 0.25) is 5.95 Å². The zero-order valence-corrected chi connectivity index (χ0v) is 18.0. The molecular formula is C10H16N5O14P3. The smallest absolute Gasteiger partial charge is 0.387 e. The van der Waals surface area contributed by atoms with E-state index in [4.69, 9.17) is 25.2 Å². The van der Waals surface area contributed by atoms with Crippen molar-refractivity contribution in [2.75, 3.05) is 12.3 Å². The second-order valence-electron chi connectivity index (χ2n) is 6.21. The van der Waals surface area contributed by atoms with E-state index in [1.807, 2.05) is 0 Å². The molecule has 0 amide bonds. The summed E-state index contributed by atoms with van der Waals surface area (Å²) < 4.78 is 51.6. The molecule has 1 saturated heterocycles. The van der Waals surface area contributed by atoms with Crippen LogP contribution in [-0.2, 0) is 31.6 Å². The Bertz CT molecular complexity index is 1210. The molecule has 0 spiro atoms. The average molecular weight is 523 g/mol. The highest BCUT2D eigenvalue weighted by Gasteiger charge is 2.47. The first kappa shape index (κ1) is 25.1. The number of H-pyrrole nitrogens is 1. The van der Waals surface area contributed by atoms with Crippen molar-refractivity contribution in [1.82, 2.24) is 19.5 Å². The van der Waals surface area contributed by atoms with Crippen molar-refractivity contribution in [2.24, 2.45) is 0 Å². The molecule has 3 heterocycles. The number of hydrogen-bond donors (Lipinski definition) is 8. The fourth-order valence-corrected chi connectivity index (χ4v) is 5.73. The van der Waals surface area contributed by atoms with Gasteiger partial charge in [0.15, 0.2) is 17.4 Å². The van der Waals surface area contributed by atoms with Crippen molar-refractivity contribution in [2.45, 2.75) is 24.5 Å². The van der Waals surface area contributed by atoms with E-state index in [2.05, 4.69) is 28.1 Å². The summed E-state index contributed by atoms with van der Waals surface area (Å²) in [5.74, 6) is -0.276. The van der Waals surface area contributed by atoms with Crippen molar-refractivity contribution in [1.29, 1.82) is 0 Å². The van der Waals surface area contributed by atoms with Crippen LogP contribution in [0.5, 0.6) is 0 Å². The highest BCUT2D eigenvalue weighted by molar-refractivity contribution is 7.66. The number of hydrogen-bond acceptors (Lipinski definition) is 13. The number of fused-ring (bicyclic) bond motifs is 1. The van der Waals surface area contributed by atoms with E-state index in [1.54, 1.807) is 0 Å². The Balaban J connectivity index is 1.72. The van der Waals surface area contributed by atoms with Crippen molar-refractivity contribution in [3.05, 3.63) is 16.7 Å². The number of aromatic amines is 1. The van der Waals surface area contributed by atoms with E-state index in [1.165, 1.54) is 0 Å². The number of nitrogens with zero attached hydrogens (tertiary/aromatic N) is 3. The minimum absolute atomic E-state index is 0.115. The average Bonchev–Trinajstić information content (AvgIpc) is 3.12. The third-order valence-electron chi connectivity index (χ3n) is 3.88. The highest BCUT2D eigenvalue weighted by atomic mass is 31.3. The van der Waals surface area contributed by atoms with Gasteiger partial charge in [-0.05, 0) is 0 Å². The molecular weight excluding hydrogens is 507 g/mol. The van der Waals surface area contributed by atoms with Crippen LogP contribution in [0.15, 0.2) is 11.1 Å². The topological polar surface area (TPSA) is 299 Å². The molecule has 22 heteroatoms. The van der Waals surface area contributed by atoms with Gasteiger partial charge < -0.3 is 40.3 Å². The van der Waals surface area contributed by atoms with Crippen LogP contribution in [0, 0.1) is 0 Å². The Hall–Kier alpha value is -1.56. The molecule has 32 heavy (non-hydrogen) atoms. The van der Waals surface area contributed by atoms with Gasteiger partial charge in [-0.15, -0.1) is 0 Å². The molecule has 2 aromatic rings. The second kappa shape index (κ2) is 8.66. The molecule has 2 unspecified atom stereocenters. The van der Waals surface area contributed by atoms with Gasteiger partial charge in [0.1, 0.15) is 18.3 Å². The van der Waals surface area contributed by atoms with Crippen LogP contribution in [-0.4, -0.2) is 74.2 Å². The number of aliphatic hydroxyl groups is 2. The molecule has 1 fully saturated rings. The number of nitrogens with one attached hydrogen (secondary N) is 1. The highest BCUT2D eigenvalue weighted by Crippen LogP contribution is 2.66. The monoisotopic (exact) mass is 523 g/mol. The molecule has 1 aliphatic heterocycles. The first-order valence-electron chi connectivity index (χ1n) is 8.11. The molecule has 3 rings (SSSR count). The summed E-state index contributed by atoms with van der Waals surface area (Å²) in [5.41, 5.74) is 4.50. The van der Waals surface area contributed by atoms with Gasteiger partial charge >= 0.3 is 23.5 Å². The Labute approximate surface area is 175 Å². The maximum Gasteiger partial charge on any atom is 0.490 e. The predicted molar refractivity (Wildman–Crippen MR) is 98.3 cm³/mol. The molecule has 1 aliphatic rings. The summed E-state index contributed by atoms with van der Waals surface area (Å²) in [6.07, 6.45) is -5.33. The Morgan fingerprint density at radius 2 is 1.78 bits per heavy atom. The molecule has 19 nitrogen and oxygen atoms in total. The van der Waals surface area contributed by atoms with E-state index in [0.717, 1.165) is 10.9 Å². The molecule has 9 N–H and O–H groups in total. The van der Waals surface area contributed by atoms with Gasteiger partial charge in [0, 0.05) is 0 Å². The SMILES string of the molecule is Nc1nc2c(ncn2[C@@H]2O[C@@H](COP(=O)(O)OP(=O)(O)OP(=O)(O)O)[C@@H](O)[C@@H]2O)c(=O)[nH]1. The first-order valence-corrected chi connectivity index (χ1v) is 12.6. The Morgan fingerprint density at radius 3 is 2.41 bits per heavy atom. The molecule has 6 atom stereocenters. The van der Waals surface area contributed by atoms with Gasteiger partial charge in [-0.3, -0.25) is 18.9 Å². The van der Waals surface area contributed by atoms with Gasteiger partial charge in [-0.25, -0.2) is 18.7 Å². The van der Waals surface area contributed by atoms with Crippen molar-refractivity contribution in [3.8, 4) is 0 Å². The van der Waals surface area contributed by atoms with Crippen LogP contribution in [0.1, 0.15) is 6.23 Å². The Kier molecular flexibility index (Phi) is 6.78. The third kappa shape index (κ3) is 5.67. The summed E-state index contributed by atoms with van der Waals surface area (Å²) in [7, 11) is -16.8. The summed E-state index contributed by atoms with van der Waals surface area (Å²) in [6.45, 7) is -1.01. The molecule has 0 saturated carbocycles. The van der Waals surface area contributed by atoms with Crippen molar-refractivity contribution in [3.63, 3.8) is 0 Å². The predicted octanol–water partition coefficient (Wildman–Crippen LogP) is -2.34. The van der Waals surface area contributed by atoms with E-state index in [0.29, 0.717) is 0 Å². The zero-order chi connectivity index (χ0) is 24.1. The lowest BCUT2D eigenvalue weighted by molar-refractivity contribution is -0.0503. The minimum Gasteiger partial charge on any atom is -0.387 e. The van der Waals surface area contributed by atoms with E-state index < -0.39 is 60.2 Å². The van der Waals surface area contributed by atoms with Crippen LogP contribution in [0.2, 0.25) is 0 Å². The number of phosphoric acid groups is 3. The molecule has 2 aromatic heterocycles. The van der Waals surface area contributed by atoms with E-state index >= 15 is 0 Å². The minimum atomic E-state index is -5.73. The van der Waals surface area contributed by atoms with E-state index in [9.17, 15) is 33.6 Å². The number of phosphoric ester groups is 1. The maximum absolute atomic E-state index is 11.9. The zero-order valence-electron chi connectivity index (χ0n) is 15.3. The number of rotatable bonds is 8. The molecule has 0 bridgehead atoms. The van der Waals surface area contributed by atoms with Gasteiger partial charge in [-0.2, -0.15) is 13.6 Å². The summed E-state index contributed by atoms with van der Waals surface area (Å²) >= 11 is 0. The number of nitrogens with two attached hydrogens (primary N) is 1. The summed E-state index contributed by atoms with van der Waals surface area (Å²) in [4.78, 5) is 57.3. The number of aliphatic hydroxyl groups excluding tert-OH is 2. The summed E-state index contributed by atoms with van der Waals surface area (Å²) in [5, 5.41) is 20.4. The van der Waals surface area contributed by atoms with E-state index in [-0.39, 0.29) is 17.1 Å². The standard InChI is InChI=1S/C10H16N5O14P3/c11-10-13-7-4(8(18)14-10)12-2-15(7)9-6(17)5(16)3(27-9)1-26-31(22,23)29-32(24,25)28-30(19,20)21/h2-3,5-6,9,16-17H,1H2,(H,22,23)(H,24,25)(H2,19,20,21)(H3,11,13,14,18)/t3-,5+,6-,9+/m0/s1. The largest absolute Gasteiger partial charge is 0.490 e. The lowest BCUT2D eigenvalue weighted by Crippen LogP contribution is -2.33. The van der Waals surface area contributed by atoms with Crippen molar-refractivity contribution >= 4 is 40.6 Å². The number of nitrogen functional groups attached to an aromatic ring is 1. The first-order chi connectivity index (χ1) is 14.6. The van der Waals surface area contributed by atoms with Crippen LogP contribution < -0.4 is 11.3 Å². The maximum atomic E-state index is 11.9. The number of ether oxygens (including phenoxy) is 1. The van der Waals surface area contributed by atoms with Crippen LogP contribution in [0.25, 0.3) is 11.2 Å². The van der Waals surface area contributed by atoms with Gasteiger partial charge in [0.25, 0.3) is 5.56 Å². The lowest BCUT2D eigenvalue weighted by Gasteiger charge is -2.19. The fourth-order valence-electron chi connectivity index (χ4n) is 2.70. The molecule has 0 aliphatic carbocycles. The van der Waals surface area contributed by atoms with Crippen molar-refractivity contribution < 1.29 is 61.4 Å². The second-order valence-corrected chi connectivity index (χ2v) is 10.6. The quantitative estimate of drug-likeness (QED) is 0.168. The number of anilines is 1. The van der Waals surface area contributed by atoms with Gasteiger partial charge in [0.05, 0.1) is 12.9 Å². The van der Waals surface area contributed by atoms with Crippen LogP contribution in [0.4, 0.5) is 5.95 Å². The lowest BCUT2D eigenvalue weighted by atomic mass is 10.1.